The summed E-state index contributed by atoms with van der Waals surface area (Å²) in [6.45, 7) is 4.01. The minimum atomic E-state index is -4.01. The quantitative estimate of drug-likeness (QED) is 0.758. The Kier molecular flexibility index (Phi) is 4.24. The van der Waals surface area contributed by atoms with Crippen molar-refractivity contribution in [1.29, 1.82) is 0 Å². The number of carbonyl (C=O) groups is 1. The number of ether oxygens (including phenoxy) is 1. The van der Waals surface area contributed by atoms with E-state index in [-0.39, 0.29) is 17.2 Å². The van der Waals surface area contributed by atoms with Crippen molar-refractivity contribution < 1.29 is 17.9 Å². The highest BCUT2D eigenvalue weighted by atomic mass is 32.2. The molecule has 0 saturated heterocycles. The number of nitrogens with zero attached hydrogens (tertiary/aromatic N) is 2. The molecule has 1 aromatic heterocycles. The third-order valence-corrected chi connectivity index (χ3v) is 2.96. The molecule has 0 spiro atoms. The number of hydrogen-bond acceptors (Lipinski definition) is 5. The first kappa shape index (κ1) is 13.7. The molecule has 0 aromatic carbocycles. The molecule has 96 valence electrons. The summed E-state index contributed by atoms with van der Waals surface area (Å²) in [5.74, 6) is -0.737. The smallest absolute Gasteiger partial charge is 0.342 e. The topological polar surface area (TPSA) is 104 Å². The van der Waals surface area contributed by atoms with Crippen LogP contribution in [-0.2, 0) is 21.3 Å². The molecule has 0 aliphatic heterocycles. The summed E-state index contributed by atoms with van der Waals surface area (Å²) in [5, 5.41) is 8.61. The molecule has 1 heterocycles. The van der Waals surface area contributed by atoms with Gasteiger partial charge in [-0.3, -0.25) is 4.68 Å². The van der Waals surface area contributed by atoms with Crippen molar-refractivity contribution in [3.05, 3.63) is 11.8 Å². The molecule has 17 heavy (non-hydrogen) atoms. The van der Waals surface area contributed by atoms with Crippen molar-refractivity contribution >= 4 is 16.0 Å². The van der Waals surface area contributed by atoms with Crippen LogP contribution in [0.1, 0.15) is 30.6 Å². The maximum absolute atomic E-state index is 11.5. The maximum Gasteiger partial charge on any atom is 0.342 e. The van der Waals surface area contributed by atoms with Crippen LogP contribution in [-0.4, -0.2) is 30.8 Å². The third-order valence-electron chi connectivity index (χ3n) is 1.99. The molecular formula is C9H15N3O4S. The van der Waals surface area contributed by atoms with Crippen LogP contribution in [0.2, 0.25) is 0 Å². The molecule has 0 unspecified atom stereocenters. The lowest BCUT2D eigenvalue weighted by Gasteiger charge is -2.06. The Balaban J connectivity index is 3.28. The van der Waals surface area contributed by atoms with Gasteiger partial charge in [-0.25, -0.2) is 18.4 Å². The summed E-state index contributed by atoms with van der Waals surface area (Å²) in [7, 11) is -4.01. The maximum atomic E-state index is 11.5. The number of esters is 1. The molecule has 1 rings (SSSR count). The molecule has 0 amide bonds. The van der Waals surface area contributed by atoms with Crippen LogP contribution in [0.5, 0.6) is 0 Å². The summed E-state index contributed by atoms with van der Waals surface area (Å²) in [6, 6.07) is 0. The Labute approximate surface area is 99.6 Å². The normalized spacial score (nSPS) is 11.5. The van der Waals surface area contributed by atoms with Gasteiger partial charge in [0, 0.05) is 6.54 Å². The average Bonchev–Trinajstić information content (AvgIpc) is 2.62. The van der Waals surface area contributed by atoms with Gasteiger partial charge in [0.1, 0.15) is 5.56 Å². The van der Waals surface area contributed by atoms with Gasteiger partial charge in [0.25, 0.3) is 10.0 Å². The number of primary sulfonamides is 1. The van der Waals surface area contributed by atoms with E-state index < -0.39 is 16.0 Å². The molecular weight excluding hydrogens is 246 g/mol. The van der Waals surface area contributed by atoms with Crippen molar-refractivity contribution in [3.8, 4) is 0 Å². The zero-order valence-electron chi connectivity index (χ0n) is 9.71. The second-order valence-corrected chi connectivity index (χ2v) is 4.83. The number of nitrogens with two attached hydrogens (primary N) is 1. The molecule has 2 N–H and O–H groups in total. The van der Waals surface area contributed by atoms with E-state index in [1.165, 1.54) is 4.68 Å². The van der Waals surface area contributed by atoms with Gasteiger partial charge in [-0.15, -0.1) is 0 Å². The third kappa shape index (κ3) is 3.04. The number of carbonyl (C=O) groups excluding carboxylic acids is 1. The summed E-state index contributed by atoms with van der Waals surface area (Å²) in [4.78, 5) is 11.5. The summed E-state index contributed by atoms with van der Waals surface area (Å²) in [6.07, 6.45) is 1.83. The highest BCUT2D eigenvalue weighted by Crippen LogP contribution is 2.15. The first-order valence-electron chi connectivity index (χ1n) is 5.17. The predicted molar refractivity (Wildman–Crippen MR) is 59.8 cm³/mol. The molecule has 0 saturated carbocycles. The van der Waals surface area contributed by atoms with Crippen LogP contribution in [0, 0.1) is 0 Å². The van der Waals surface area contributed by atoms with Gasteiger partial charge in [-0.1, -0.05) is 6.92 Å². The monoisotopic (exact) mass is 261 g/mol. The number of rotatable bonds is 5. The van der Waals surface area contributed by atoms with E-state index in [1.807, 2.05) is 6.92 Å². The highest BCUT2D eigenvalue weighted by molar-refractivity contribution is 7.89. The van der Waals surface area contributed by atoms with Crippen LogP contribution in [0.25, 0.3) is 0 Å². The van der Waals surface area contributed by atoms with E-state index in [0.717, 1.165) is 6.20 Å². The number of aromatic nitrogens is 2. The van der Waals surface area contributed by atoms with E-state index in [0.29, 0.717) is 13.0 Å². The Morgan fingerprint density at radius 3 is 2.65 bits per heavy atom. The SMILES string of the molecule is CCCn1ncc(C(=O)OCC)c1S(N)(=O)=O. The van der Waals surface area contributed by atoms with E-state index in [4.69, 9.17) is 9.88 Å². The summed E-state index contributed by atoms with van der Waals surface area (Å²) in [5.41, 5.74) is -0.122. The zero-order chi connectivity index (χ0) is 13.1. The average molecular weight is 261 g/mol. The lowest BCUT2D eigenvalue weighted by atomic mass is 10.4. The largest absolute Gasteiger partial charge is 0.462 e. The predicted octanol–water partition coefficient (Wildman–Crippen LogP) is 0.117. The minimum Gasteiger partial charge on any atom is -0.462 e. The van der Waals surface area contributed by atoms with Crippen LogP contribution >= 0.6 is 0 Å². The van der Waals surface area contributed by atoms with E-state index >= 15 is 0 Å². The molecule has 1 aromatic rings. The van der Waals surface area contributed by atoms with Crippen molar-refractivity contribution in [2.75, 3.05) is 6.61 Å². The van der Waals surface area contributed by atoms with Crippen LogP contribution in [0.4, 0.5) is 0 Å². The fourth-order valence-corrected chi connectivity index (χ4v) is 2.27. The number of hydrogen-bond donors (Lipinski definition) is 1. The molecule has 7 nitrogen and oxygen atoms in total. The van der Waals surface area contributed by atoms with Gasteiger partial charge >= 0.3 is 5.97 Å². The zero-order valence-corrected chi connectivity index (χ0v) is 10.5. The van der Waals surface area contributed by atoms with Gasteiger partial charge in [-0.2, -0.15) is 5.10 Å². The second kappa shape index (κ2) is 5.28. The van der Waals surface area contributed by atoms with Crippen LogP contribution in [0.15, 0.2) is 11.2 Å². The Morgan fingerprint density at radius 1 is 1.53 bits per heavy atom. The fraction of sp³-hybridized carbons (Fsp3) is 0.556. The first-order valence-corrected chi connectivity index (χ1v) is 6.72. The van der Waals surface area contributed by atoms with Crippen molar-refractivity contribution in [2.24, 2.45) is 5.14 Å². The standard InChI is InChI=1S/C9H15N3O4S/c1-3-5-12-8(17(10,14)15)7(6-11-12)9(13)16-4-2/h6H,3-5H2,1-2H3,(H2,10,14,15). The van der Waals surface area contributed by atoms with E-state index in [9.17, 15) is 13.2 Å². The Hall–Kier alpha value is -1.41. The molecule has 0 aliphatic carbocycles. The van der Waals surface area contributed by atoms with Gasteiger partial charge < -0.3 is 4.74 Å². The van der Waals surface area contributed by atoms with Crippen LogP contribution < -0.4 is 5.14 Å². The molecule has 0 fully saturated rings. The van der Waals surface area contributed by atoms with Gasteiger partial charge in [0.05, 0.1) is 12.8 Å². The number of aryl methyl sites for hydroxylation is 1. The lowest BCUT2D eigenvalue weighted by molar-refractivity contribution is 0.0521. The summed E-state index contributed by atoms with van der Waals surface area (Å²) < 4.78 is 28.8. The van der Waals surface area contributed by atoms with Crippen LogP contribution in [0.3, 0.4) is 0 Å². The van der Waals surface area contributed by atoms with Gasteiger partial charge in [-0.05, 0) is 13.3 Å². The highest BCUT2D eigenvalue weighted by Gasteiger charge is 2.26. The van der Waals surface area contributed by atoms with Gasteiger partial charge in [0.2, 0.25) is 0 Å². The Morgan fingerprint density at radius 2 is 2.18 bits per heavy atom. The van der Waals surface area contributed by atoms with Gasteiger partial charge in [0.15, 0.2) is 5.03 Å². The second-order valence-electron chi connectivity index (χ2n) is 3.35. The fourth-order valence-electron chi connectivity index (χ4n) is 1.39. The first-order chi connectivity index (χ1) is 7.91. The minimum absolute atomic E-state index is 0.122. The molecule has 0 atom stereocenters. The molecule has 0 bridgehead atoms. The lowest BCUT2D eigenvalue weighted by Crippen LogP contribution is -2.21. The molecule has 0 radical (unpaired) electrons. The molecule has 0 aliphatic rings. The Bertz CT molecular complexity index is 506. The van der Waals surface area contributed by atoms with E-state index in [1.54, 1.807) is 6.92 Å². The van der Waals surface area contributed by atoms with Crippen molar-refractivity contribution in [2.45, 2.75) is 31.8 Å². The summed E-state index contributed by atoms with van der Waals surface area (Å²) >= 11 is 0. The van der Waals surface area contributed by atoms with Crippen molar-refractivity contribution in [1.82, 2.24) is 9.78 Å². The molecule has 8 heteroatoms. The van der Waals surface area contributed by atoms with E-state index in [2.05, 4.69) is 5.10 Å². The van der Waals surface area contributed by atoms with Crippen molar-refractivity contribution in [3.63, 3.8) is 0 Å². The number of sulfonamides is 1.